The summed E-state index contributed by atoms with van der Waals surface area (Å²) in [6, 6.07) is 26.4. The molecular weight excluding hydrogens is 430 g/mol. The lowest BCUT2D eigenvalue weighted by atomic mass is 10.1. The van der Waals surface area contributed by atoms with Crippen LogP contribution in [0.5, 0.6) is 0 Å². The van der Waals surface area contributed by atoms with Crippen molar-refractivity contribution in [3.05, 3.63) is 121 Å². The molecule has 0 aliphatic heterocycles. The van der Waals surface area contributed by atoms with Crippen molar-refractivity contribution < 1.29 is 0 Å². The van der Waals surface area contributed by atoms with Crippen LogP contribution < -0.4 is 11.2 Å². The van der Waals surface area contributed by atoms with E-state index < -0.39 is 11.2 Å². The van der Waals surface area contributed by atoms with Gasteiger partial charge in [-0.2, -0.15) is 5.10 Å². The number of halogens is 1. The van der Waals surface area contributed by atoms with Crippen LogP contribution in [0.25, 0.3) is 11.3 Å². The molecule has 0 saturated carbocycles. The zero-order valence-electron chi connectivity index (χ0n) is 15.5. The highest BCUT2D eigenvalue weighted by atomic mass is 79.9. The van der Waals surface area contributed by atoms with E-state index in [4.69, 9.17) is 0 Å². The van der Waals surface area contributed by atoms with Gasteiger partial charge in [0.05, 0.1) is 13.1 Å². The Bertz CT molecular complexity index is 1230. The highest BCUT2D eigenvalue weighted by Gasteiger charge is 2.15. The molecule has 144 valence electrons. The van der Waals surface area contributed by atoms with E-state index in [1.165, 1.54) is 9.25 Å². The van der Waals surface area contributed by atoms with Crippen LogP contribution in [0.2, 0.25) is 0 Å². The fourth-order valence-electron chi connectivity index (χ4n) is 3.11. The van der Waals surface area contributed by atoms with Crippen LogP contribution in [0.4, 0.5) is 0 Å². The summed E-state index contributed by atoms with van der Waals surface area (Å²) in [4.78, 5) is 26.2. The Balaban J connectivity index is 1.86. The summed E-state index contributed by atoms with van der Waals surface area (Å²) in [5.41, 5.74) is 1.93. The van der Waals surface area contributed by atoms with Gasteiger partial charge in [-0.15, -0.1) is 0 Å². The molecule has 4 aromatic rings. The average Bonchev–Trinajstić information content (AvgIpc) is 2.76. The van der Waals surface area contributed by atoms with Crippen LogP contribution >= 0.6 is 15.9 Å². The minimum atomic E-state index is -0.429. The average molecular weight is 448 g/mol. The first-order chi connectivity index (χ1) is 14.1. The zero-order chi connectivity index (χ0) is 20.2. The monoisotopic (exact) mass is 447 g/mol. The van der Waals surface area contributed by atoms with Gasteiger partial charge in [-0.05, 0) is 23.3 Å². The van der Waals surface area contributed by atoms with Crippen molar-refractivity contribution in [1.82, 2.24) is 14.3 Å². The van der Waals surface area contributed by atoms with Gasteiger partial charge in [-0.1, -0.05) is 88.7 Å². The fraction of sp³-hybridized carbons (Fsp3) is 0.0870. The Hall–Kier alpha value is -3.25. The summed E-state index contributed by atoms with van der Waals surface area (Å²) in [7, 11) is 0. The van der Waals surface area contributed by atoms with E-state index >= 15 is 0 Å². The van der Waals surface area contributed by atoms with Gasteiger partial charge in [-0.3, -0.25) is 9.36 Å². The second-order valence-corrected chi connectivity index (χ2v) is 7.57. The van der Waals surface area contributed by atoms with Crippen molar-refractivity contribution in [1.29, 1.82) is 0 Å². The van der Waals surface area contributed by atoms with Crippen molar-refractivity contribution in [3.8, 4) is 11.3 Å². The van der Waals surface area contributed by atoms with Crippen LogP contribution in [0, 0.1) is 0 Å². The van der Waals surface area contributed by atoms with Crippen LogP contribution in [0.3, 0.4) is 0 Å². The van der Waals surface area contributed by atoms with Crippen LogP contribution in [0.15, 0.2) is 99.0 Å². The highest BCUT2D eigenvalue weighted by Crippen LogP contribution is 2.13. The molecule has 0 fully saturated rings. The van der Waals surface area contributed by atoms with Gasteiger partial charge in [0.15, 0.2) is 5.69 Å². The van der Waals surface area contributed by atoms with Gasteiger partial charge < -0.3 is 0 Å². The molecule has 0 aliphatic carbocycles. The lowest BCUT2D eigenvalue weighted by Gasteiger charge is -2.12. The molecule has 4 rings (SSSR count). The summed E-state index contributed by atoms with van der Waals surface area (Å²) in [6.07, 6.45) is 0. The SMILES string of the molecule is O=c1c(-c2ccccc2)nn(Cc2ccccc2)c(=O)n1Cc1ccc(Br)cc1. The van der Waals surface area contributed by atoms with Crippen LogP contribution in [-0.4, -0.2) is 14.3 Å². The summed E-state index contributed by atoms with van der Waals surface area (Å²) < 4.78 is 3.55. The molecule has 0 spiro atoms. The van der Waals surface area contributed by atoms with Crippen molar-refractivity contribution in [2.45, 2.75) is 13.1 Å². The molecule has 0 N–H and O–H groups in total. The van der Waals surface area contributed by atoms with Crippen LogP contribution in [-0.2, 0) is 13.1 Å². The number of benzene rings is 3. The van der Waals surface area contributed by atoms with E-state index in [-0.39, 0.29) is 12.2 Å². The topological polar surface area (TPSA) is 56.9 Å². The minimum Gasteiger partial charge on any atom is -0.267 e. The maximum Gasteiger partial charge on any atom is 0.348 e. The van der Waals surface area contributed by atoms with Gasteiger partial charge in [0.1, 0.15) is 0 Å². The molecule has 0 aliphatic rings. The smallest absolute Gasteiger partial charge is 0.267 e. The molecule has 0 atom stereocenters. The lowest BCUT2D eigenvalue weighted by molar-refractivity contribution is 0.546. The third-order valence-corrected chi connectivity index (χ3v) is 5.13. The Morgan fingerprint density at radius 2 is 1.31 bits per heavy atom. The maximum absolute atomic E-state index is 13.1. The van der Waals surface area contributed by atoms with Gasteiger partial charge in [0, 0.05) is 10.0 Å². The van der Waals surface area contributed by atoms with Crippen molar-refractivity contribution >= 4 is 15.9 Å². The molecule has 0 amide bonds. The van der Waals surface area contributed by atoms with E-state index in [2.05, 4.69) is 21.0 Å². The Labute approximate surface area is 176 Å². The summed E-state index contributed by atoms with van der Waals surface area (Å²) in [5.74, 6) is 0. The Morgan fingerprint density at radius 1 is 0.724 bits per heavy atom. The maximum atomic E-state index is 13.1. The largest absolute Gasteiger partial charge is 0.348 e. The first-order valence-corrected chi connectivity index (χ1v) is 9.97. The van der Waals surface area contributed by atoms with E-state index in [0.29, 0.717) is 12.1 Å². The standard InChI is InChI=1S/C23H18BrN3O2/c24-20-13-11-18(12-14-20)15-26-22(28)21(19-9-5-2-6-10-19)25-27(23(26)29)16-17-7-3-1-4-8-17/h1-14H,15-16H2. The predicted octanol–water partition coefficient (Wildman–Crippen LogP) is 3.93. The number of nitrogens with zero attached hydrogens (tertiary/aromatic N) is 3. The Kier molecular flexibility index (Phi) is 5.53. The summed E-state index contributed by atoms with van der Waals surface area (Å²) in [5, 5.41) is 4.42. The molecule has 1 heterocycles. The fourth-order valence-corrected chi connectivity index (χ4v) is 3.37. The molecule has 3 aromatic carbocycles. The minimum absolute atomic E-state index is 0.183. The molecule has 0 radical (unpaired) electrons. The number of aromatic nitrogens is 3. The summed E-state index contributed by atoms with van der Waals surface area (Å²) in [6.45, 7) is 0.474. The van der Waals surface area contributed by atoms with E-state index in [9.17, 15) is 9.59 Å². The normalized spacial score (nSPS) is 10.8. The predicted molar refractivity (Wildman–Crippen MR) is 117 cm³/mol. The third kappa shape index (κ3) is 4.27. The van der Waals surface area contributed by atoms with E-state index in [1.54, 1.807) is 0 Å². The molecule has 6 heteroatoms. The quantitative estimate of drug-likeness (QED) is 0.465. The van der Waals surface area contributed by atoms with Crippen LogP contribution in [0.1, 0.15) is 11.1 Å². The first-order valence-electron chi connectivity index (χ1n) is 9.17. The molecular formula is C23H18BrN3O2. The number of hydrogen-bond acceptors (Lipinski definition) is 3. The van der Waals surface area contributed by atoms with Gasteiger partial charge in [0.25, 0.3) is 5.56 Å². The van der Waals surface area contributed by atoms with E-state index in [0.717, 1.165) is 15.6 Å². The lowest BCUT2D eigenvalue weighted by Crippen LogP contribution is -2.42. The molecule has 0 unspecified atom stereocenters. The highest BCUT2D eigenvalue weighted by molar-refractivity contribution is 9.10. The van der Waals surface area contributed by atoms with Crippen molar-refractivity contribution in [3.63, 3.8) is 0 Å². The molecule has 0 bridgehead atoms. The second kappa shape index (κ2) is 8.41. The summed E-state index contributed by atoms with van der Waals surface area (Å²) >= 11 is 3.41. The van der Waals surface area contributed by atoms with Gasteiger partial charge in [-0.25, -0.2) is 9.48 Å². The molecule has 0 saturated heterocycles. The first kappa shape index (κ1) is 19.1. The molecule has 29 heavy (non-hydrogen) atoms. The van der Waals surface area contributed by atoms with Crippen molar-refractivity contribution in [2.75, 3.05) is 0 Å². The third-order valence-electron chi connectivity index (χ3n) is 4.60. The Morgan fingerprint density at radius 3 is 1.97 bits per heavy atom. The van der Waals surface area contributed by atoms with Crippen molar-refractivity contribution in [2.24, 2.45) is 0 Å². The zero-order valence-corrected chi connectivity index (χ0v) is 17.1. The van der Waals surface area contributed by atoms with E-state index in [1.807, 2.05) is 84.9 Å². The second-order valence-electron chi connectivity index (χ2n) is 6.66. The number of hydrogen-bond donors (Lipinski definition) is 0. The van der Waals surface area contributed by atoms with Gasteiger partial charge in [0.2, 0.25) is 0 Å². The number of rotatable bonds is 5. The van der Waals surface area contributed by atoms with Gasteiger partial charge >= 0.3 is 5.69 Å². The molecule has 5 nitrogen and oxygen atoms in total. The molecule has 1 aromatic heterocycles.